The maximum atomic E-state index is 14.1. The van der Waals surface area contributed by atoms with Gasteiger partial charge in [-0.3, -0.25) is 9.69 Å². The summed E-state index contributed by atoms with van der Waals surface area (Å²) in [5, 5.41) is -0.368. The van der Waals surface area contributed by atoms with Gasteiger partial charge >= 0.3 is 12.2 Å². The molecule has 4 aliphatic rings. The first-order chi connectivity index (χ1) is 22.0. The van der Waals surface area contributed by atoms with E-state index in [0.29, 0.717) is 63.7 Å². The predicted molar refractivity (Wildman–Crippen MR) is 166 cm³/mol. The summed E-state index contributed by atoms with van der Waals surface area (Å²) < 4.78 is 62.3. The van der Waals surface area contributed by atoms with Gasteiger partial charge in [0.15, 0.2) is 0 Å². The van der Waals surface area contributed by atoms with Gasteiger partial charge < -0.3 is 24.3 Å². The smallest absolute Gasteiger partial charge is 0.419 e. The fourth-order valence-corrected chi connectivity index (χ4v) is 7.12. The number of benzene rings is 1. The number of nitrogens with zero attached hydrogens (tertiary/aromatic N) is 7. The number of ether oxygens (including phenoxy) is 1. The Morgan fingerprint density at radius 3 is 2.65 bits per heavy atom. The number of aromatic nitrogens is 2. The number of hydrogen-bond donors (Lipinski definition) is 0. The van der Waals surface area contributed by atoms with E-state index in [0.717, 1.165) is 24.9 Å². The van der Waals surface area contributed by atoms with Gasteiger partial charge in [0.2, 0.25) is 12.5 Å². The van der Waals surface area contributed by atoms with Gasteiger partial charge in [-0.25, -0.2) is 11.0 Å². The zero-order valence-electron chi connectivity index (χ0n) is 25.4. The van der Waals surface area contributed by atoms with E-state index in [1.807, 2.05) is 4.90 Å². The fourth-order valence-electron chi connectivity index (χ4n) is 6.84. The van der Waals surface area contributed by atoms with E-state index in [1.54, 1.807) is 9.80 Å². The molecule has 14 heteroatoms. The third kappa shape index (κ3) is 6.74. The SMILES string of the molecule is [C-]#[N+]CC1CN(c2nc(OCC3(CN4CC[C@H](F)C4)CC3)nc3c2CCN(c2cccc(Cl)c2C(F)(F)F)C3)CCN1C(=O)C=C. The van der Waals surface area contributed by atoms with Gasteiger partial charge in [-0.15, -0.1) is 0 Å². The summed E-state index contributed by atoms with van der Waals surface area (Å²) in [7, 11) is 0. The Hall–Kier alpha value is -3.63. The molecule has 6 rings (SSSR count). The number of alkyl halides is 4. The molecule has 4 heterocycles. The Morgan fingerprint density at radius 1 is 1.17 bits per heavy atom. The van der Waals surface area contributed by atoms with Crippen LogP contribution in [0.4, 0.5) is 29.1 Å². The van der Waals surface area contributed by atoms with E-state index in [2.05, 4.69) is 16.3 Å². The Morgan fingerprint density at radius 2 is 1.98 bits per heavy atom. The zero-order chi connectivity index (χ0) is 32.6. The second-order valence-corrected chi connectivity index (χ2v) is 13.1. The summed E-state index contributed by atoms with van der Waals surface area (Å²) in [5.74, 6) is 0.360. The number of rotatable bonds is 9. The summed E-state index contributed by atoms with van der Waals surface area (Å²) in [6.45, 7) is 14.9. The highest BCUT2D eigenvalue weighted by Gasteiger charge is 2.46. The minimum absolute atomic E-state index is 0.0179. The third-order valence-electron chi connectivity index (χ3n) is 9.42. The van der Waals surface area contributed by atoms with Gasteiger partial charge in [-0.1, -0.05) is 24.2 Å². The molecule has 0 radical (unpaired) electrons. The van der Waals surface area contributed by atoms with Crippen molar-refractivity contribution in [3.8, 4) is 6.01 Å². The first-order valence-electron chi connectivity index (χ1n) is 15.5. The first-order valence-corrected chi connectivity index (χ1v) is 15.9. The molecular weight excluding hydrogens is 626 g/mol. The van der Waals surface area contributed by atoms with Crippen LogP contribution < -0.4 is 14.5 Å². The summed E-state index contributed by atoms with van der Waals surface area (Å²) in [5.41, 5.74) is 0.335. The van der Waals surface area contributed by atoms with Crippen molar-refractivity contribution in [2.45, 2.75) is 50.6 Å². The number of piperazine rings is 1. The van der Waals surface area contributed by atoms with Crippen molar-refractivity contribution in [3.63, 3.8) is 0 Å². The Labute approximate surface area is 270 Å². The van der Waals surface area contributed by atoms with Crippen LogP contribution in [0.5, 0.6) is 6.01 Å². The van der Waals surface area contributed by atoms with Gasteiger partial charge in [0.1, 0.15) is 18.0 Å². The quantitative estimate of drug-likeness (QED) is 0.212. The van der Waals surface area contributed by atoms with Crippen LogP contribution in [0.1, 0.15) is 36.1 Å². The van der Waals surface area contributed by atoms with Crippen LogP contribution >= 0.6 is 11.6 Å². The zero-order valence-corrected chi connectivity index (χ0v) is 26.2. The Balaban J connectivity index is 1.30. The van der Waals surface area contributed by atoms with Crippen LogP contribution in [0.2, 0.25) is 5.02 Å². The molecule has 46 heavy (non-hydrogen) atoms. The van der Waals surface area contributed by atoms with E-state index >= 15 is 0 Å². The lowest BCUT2D eigenvalue weighted by Crippen LogP contribution is -2.56. The highest BCUT2D eigenvalue weighted by Crippen LogP contribution is 2.47. The molecule has 9 nitrogen and oxygen atoms in total. The molecule has 0 N–H and O–H groups in total. The van der Waals surface area contributed by atoms with Crippen molar-refractivity contribution in [2.24, 2.45) is 5.41 Å². The average molecular weight is 662 g/mol. The summed E-state index contributed by atoms with van der Waals surface area (Å²) in [6.07, 6.45) is -1.41. The molecule has 2 aromatic rings. The minimum atomic E-state index is -4.64. The lowest BCUT2D eigenvalue weighted by atomic mass is 10.0. The molecule has 0 bridgehead atoms. The van der Waals surface area contributed by atoms with Crippen LogP contribution in [0, 0.1) is 12.0 Å². The lowest BCUT2D eigenvalue weighted by Gasteiger charge is -2.41. The van der Waals surface area contributed by atoms with Gasteiger partial charge in [0, 0.05) is 56.8 Å². The van der Waals surface area contributed by atoms with Crippen LogP contribution in [-0.4, -0.2) is 96.9 Å². The number of carbonyl (C=O) groups is 1. The van der Waals surface area contributed by atoms with Crippen molar-refractivity contribution in [1.82, 2.24) is 19.8 Å². The fraction of sp³-hybridized carbons (Fsp3) is 0.562. The van der Waals surface area contributed by atoms with Crippen molar-refractivity contribution >= 4 is 29.0 Å². The number of likely N-dealkylation sites (tertiary alicyclic amines) is 1. The van der Waals surface area contributed by atoms with Crippen LogP contribution in [0.25, 0.3) is 4.85 Å². The highest BCUT2D eigenvalue weighted by atomic mass is 35.5. The Kier molecular flexibility index (Phi) is 9.04. The van der Waals surface area contributed by atoms with Gasteiger partial charge in [0.05, 0.1) is 35.1 Å². The molecule has 246 valence electrons. The van der Waals surface area contributed by atoms with Crippen molar-refractivity contribution in [3.05, 3.63) is 64.1 Å². The number of amides is 1. The number of halogens is 5. The molecule has 2 atom stereocenters. The standard InChI is InChI=1S/C32H36ClF4N7O2/c1-3-27(45)44-14-13-43(17-22(44)15-38-2)29-23-8-12-42(26-6-4-5-24(33)28(26)32(35,36)37)18-25(23)39-30(40-29)46-20-31(9-10-31)19-41-11-7-21(34)16-41/h3-6,21-22H,1,7-20H2/t21-,22?/m0/s1. The number of hydrogen-bond acceptors (Lipinski definition) is 7. The summed E-state index contributed by atoms with van der Waals surface area (Å²) in [4.78, 5) is 33.1. The number of carbonyl (C=O) groups excluding carboxylic acids is 1. The molecule has 3 fully saturated rings. The Bertz CT molecular complexity index is 1530. The summed E-state index contributed by atoms with van der Waals surface area (Å²) in [6, 6.07) is 3.89. The monoisotopic (exact) mass is 661 g/mol. The minimum Gasteiger partial charge on any atom is -0.463 e. The van der Waals surface area contributed by atoms with E-state index in [9.17, 15) is 22.4 Å². The second kappa shape index (κ2) is 12.9. The molecule has 1 aromatic heterocycles. The van der Waals surface area contributed by atoms with Gasteiger partial charge in [-0.05, 0) is 43.9 Å². The molecule has 1 saturated carbocycles. The maximum Gasteiger partial charge on any atom is 0.419 e. The first kappa shape index (κ1) is 32.3. The van der Waals surface area contributed by atoms with Crippen molar-refractivity contribution in [1.29, 1.82) is 0 Å². The second-order valence-electron chi connectivity index (χ2n) is 12.6. The van der Waals surface area contributed by atoms with Crippen LogP contribution in [0.15, 0.2) is 30.9 Å². The van der Waals surface area contributed by atoms with E-state index in [-0.39, 0.29) is 53.7 Å². The lowest BCUT2D eigenvalue weighted by molar-refractivity contribution is -0.137. The topological polar surface area (TPSA) is 69.4 Å². The van der Waals surface area contributed by atoms with E-state index in [1.165, 1.54) is 24.3 Å². The van der Waals surface area contributed by atoms with Crippen molar-refractivity contribution in [2.75, 3.05) is 68.8 Å². The largest absolute Gasteiger partial charge is 0.463 e. The number of anilines is 2. The summed E-state index contributed by atoms with van der Waals surface area (Å²) >= 11 is 6.05. The number of fused-ring (bicyclic) bond motifs is 1. The van der Waals surface area contributed by atoms with Crippen LogP contribution in [-0.2, 0) is 23.9 Å². The molecular formula is C32H36ClF4N7O2. The van der Waals surface area contributed by atoms with Gasteiger partial charge in [-0.2, -0.15) is 23.1 Å². The molecule has 1 amide bonds. The van der Waals surface area contributed by atoms with Gasteiger partial charge in [0.25, 0.3) is 0 Å². The van der Waals surface area contributed by atoms with Crippen molar-refractivity contribution < 1.29 is 27.1 Å². The average Bonchev–Trinajstić information content (AvgIpc) is 3.68. The van der Waals surface area contributed by atoms with Crippen LogP contribution in [0.3, 0.4) is 0 Å². The molecule has 1 aliphatic carbocycles. The molecule has 1 aromatic carbocycles. The third-order valence-corrected chi connectivity index (χ3v) is 9.73. The van der Waals surface area contributed by atoms with E-state index < -0.39 is 17.9 Å². The highest BCUT2D eigenvalue weighted by molar-refractivity contribution is 6.31. The molecule has 3 aliphatic heterocycles. The predicted octanol–water partition coefficient (Wildman–Crippen LogP) is 5.04. The molecule has 2 saturated heterocycles. The van der Waals surface area contributed by atoms with E-state index in [4.69, 9.17) is 32.9 Å². The maximum absolute atomic E-state index is 14.1. The molecule has 1 unspecified atom stereocenters. The molecule has 0 spiro atoms. The normalized spacial score (nSPS) is 22.7.